The molecule has 0 unspecified atom stereocenters. The van der Waals surface area contributed by atoms with Crippen LogP contribution in [0.15, 0.2) is 23.6 Å². The van der Waals surface area contributed by atoms with Gasteiger partial charge in [0.1, 0.15) is 5.01 Å². The molecular formula is C13H21IN6S. The monoisotopic (exact) mass is 420 g/mol. The Kier molecular flexibility index (Phi) is 7.65. The summed E-state index contributed by atoms with van der Waals surface area (Å²) in [5.74, 6) is 0.796. The fourth-order valence-electron chi connectivity index (χ4n) is 1.71. The zero-order valence-corrected chi connectivity index (χ0v) is 15.6. The van der Waals surface area contributed by atoms with E-state index in [0.717, 1.165) is 23.1 Å². The van der Waals surface area contributed by atoms with E-state index < -0.39 is 0 Å². The lowest BCUT2D eigenvalue weighted by Crippen LogP contribution is -2.36. The van der Waals surface area contributed by atoms with Gasteiger partial charge in [0.15, 0.2) is 5.96 Å². The number of nitrogens with one attached hydrogen (secondary N) is 2. The van der Waals surface area contributed by atoms with Crippen LogP contribution in [0, 0.1) is 6.92 Å². The predicted octanol–water partition coefficient (Wildman–Crippen LogP) is 2.06. The predicted molar refractivity (Wildman–Crippen MR) is 97.1 cm³/mol. The lowest BCUT2D eigenvalue weighted by molar-refractivity contribution is 0.766. The maximum Gasteiger partial charge on any atom is 0.191 e. The number of aliphatic imine (C=N–C) groups is 1. The fourth-order valence-corrected chi connectivity index (χ4v) is 2.43. The molecule has 0 aliphatic rings. The quantitative estimate of drug-likeness (QED) is 0.442. The zero-order chi connectivity index (χ0) is 14.4. The second-order valence-corrected chi connectivity index (χ2v) is 5.75. The number of rotatable bonds is 5. The largest absolute Gasteiger partial charge is 0.357 e. The number of halogens is 1. The second kappa shape index (κ2) is 8.98. The molecule has 0 saturated carbocycles. The molecule has 0 aliphatic heterocycles. The Labute approximate surface area is 146 Å². The van der Waals surface area contributed by atoms with Crippen molar-refractivity contribution in [2.24, 2.45) is 12.0 Å². The van der Waals surface area contributed by atoms with Gasteiger partial charge in [-0.15, -0.1) is 35.3 Å². The Morgan fingerprint density at radius 1 is 1.38 bits per heavy atom. The summed E-state index contributed by atoms with van der Waals surface area (Å²) in [5.41, 5.74) is 1.09. The summed E-state index contributed by atoms with van der Waals surface area (Å²) in [4.78, 5) is 10.1. The molecule has 0 spiro atoms. The van der Waals surface area contributed by atoms with Crippen molar-refractivity contribution in [2.75, 3.05) is 6.54 Å². The van der Waals surface area contributed by atoms with Gasteiger partial charge >= 0.3 is 0 Å². The molecule has 2 N–H and O–H groups in total. The topological polar surface area (TPSA) is 67.1 Å². The smallest absolute Gasteiger partial charge is 0.191 e. The molecule has 8 heteroatoms. The second-order valence-electron chi connectivity index (χ2n) is 4.44. The fraction of sp³-hybridized carbons (Fsp3) is 0.462. The number of hydrogen-bond acceptors (Lipinski definition) is 4. The van der Waals surface area contributed by atoms with Crippen LogP contribution in [-0.2, 0) is 20.1 Å². The summed E-state index contributed by atoms with van der Waals surface area (Å²) in [6, 6.07) is 0. The van der Waals surface area contributed by atoms with Crippen molar-refractivity contribution in [3.8, 4) is 0 Å². The van der Waals surface area contributed by atoms with Crippen molar-refractivity contribution >= 4 is 41.3 Å². The maximum absolute atomic E-state index is 4.54. The van der Waals surface area contributed by atoms with E-state index in [9.17, 15) is 0 Å². The lowest BCUT2D eigenvalue weighted by atomic mass is 10.4. The molecule has 6 nitrogen and oxygen atoms in total. The highest BCUT2D eigenvalue weighted by molar-refractivity contribution is 14.0. The highest BCUT2D eigenvalue weighted by Gasteiger charge is 2.02. The minimum atomic E-state index is 0. The number of thiazole rings is 1. The molecule has 2 aromatic rings. The molecule has 2 aromatic heterocycles. The highest BCUT2D eigenvalue weighted by Crippen LogP contribution is 2.10. The van der Waals surface area contributed by atoms with Gasteiger partial charge in [0.05, 0.1) is 19.3 Å². The van der Waals surface area contributed by atoms with Crippen LogP contribution in [0.4, 0.5) is 0 Å². The molecule has 0 bridgehead atoms. The first-order chi connectivity index (χ1) is 9.67. The molecule has 0 amide bonds. The van der Waals surface area contributed by atoms with Crippen LogP contribution in [0.3, 0.4) is 0 Å². The molecular weight excluding hydrogens is 399 g/mol. The molecule has 0 saturated heterocycles. The molecule has 2 heterocycles. The van der Waals surface area contributed by atoms with Crippen LogP contribution in [0.5, 0.6) is 0 Å². The van der Waals surface area contributed by atoms with E-state index in [1.54, 1.807) is 16.0 Å². The summed E-state index contributed by atoms with van der Waals surface area (Å²) in [7, 11) is 1.90. The first kappa shape index (κ1) is 17.9. The van der Waals surface area contributed by atoms with E-state index in [0.29, 0.717) is 13.1 Å². The van der Waals surface area contributed by atoms with E-state index >= 15 is 0 Å². The number of aryl methyl sites for hydroxylation is 2. The summed E-state index contributed by atoms with van der Waals surface area (Å²) in [6.45, 7) is 6.24. The van der Waals surface area contributed by atoms with E-state index in [2.05, 4.69) is 39.6 Å². The average Bonchev–Trinajstić information content (AvgIpc) is 3.02. The van der Waals surface area contributed by atoms with Crippen molar-refractivity contribution in [3.05, 3.63) is 34.0 Å². The van der Waals surface area contributed by atoms with Crippen molar-refractivity contribution in [2.45, 2.75) is 26.9 Å². The summed E-state index contributed by atoms with van der Waals surface area (Å²) >= 11 is 1.70. The Bertz CT molecular complexity index is 577. The normalized spacial score (nSPS) is 11.1. The van der Waals surface area contributed by atoms with Crippen molar-refractivity contribution < 1.29 is 0 Å². The number of hydrogen-bond donors (Lipinski definition) is 2. The Morgan fingerprint density at radius 2 is 2.19 bits per heavy atom. The van der Waals surface area contributed by atoms with Gasteiger partial charge in [-0.2, -0.15) is 5.10 Å². The Morgan fingerprint density at radius 3 is 2.76 bits per heavy atom. The van der Waals surface area contributed by atoms with Crippen molar-refractivity contribution in [1.82, 2.24) is 25.4 Å². The van der Waals surface area contributed by atoms with E-state index in [1.165, 1.54) is 4.88 Å². The van der Waals surface area contributed by atoms with Crippen LogP contribution in [-0.4, -0.2) is 27.3 Å². The summed E-state index contributed by atoms with van der Waals surface area (Å²) in [6.07, 6.45) is 5.69. The summed E-state index contributed by atoms with van der Waals surface area (Å²) in [5, 5.41) is 11.7. The van der Waals surface area contributed by atoms with Crippen LogP contribution in [0.1, 0.15) is 22.4 Å². The van der Waals surface area contributed by atoms with Crippen molar-refractivity contribution in [3.63, 3.8) is 0 Å². The third-order valence-electron chi connectivity index (χ3n) is 2.60. The lowest BCUT2D eigenvalue weighted by Gasteiger charge is -2.09. The zero-order valence-electron chi connectivity index (χ0n) is 12.5. The van der Waals surface area contributed by atoms with Gasteiger partial charge in [-0.05, 0) is 13.8 Å². The number of guanidine groups is 1. The minimum absolute atomic E-state index is 0. The van der Waals surface area contributed by atoms with Gasteiger partial charge in [0.25, 0.3) is 0 Å². The maximum atomic E-state index is 4.54. The first-order valence-corrected chi connectivity index (χ1v) is 7.40. The van der Waals surface area contributed by atoms with Crippen LogP contribution in [0.2, 0.25) is 0 Å². The summed E-state index contributed by atoms with van der Waals surface area (Å²) < 4.78 is 1.78. The molecule has 2 rings (SSSR count). The van der Waals surface area contributed by atoms with Gasteiger partial charge in [0.2, 0.25) is 0 Å². The van der Waals surface area contributed by atoms with E-state index in [4.69, 9.17) is 0 Å². The van der Waals surface area contributed by atoms with E-state index in [1.807, 2.05) is 25.6 Å². The standard InChI is InChI=1S/C13H20N6S.HI/c1-4-14-13(16-6-11-7-18-19(3)9-11)17-8-12-15-5-10(2)20-12;/h5,7,9H,4,6,8H2,1-3H3,(H2,14,16,17);1H. The first-order valence-electron chi connectivity index (χ1n) is 6.58. The molecule has 0 radical (unpaired) electrons. The number of aromatic nitrogens is 3. The minimum Gasteiger partial charge on any atom is -0.357 e. The highest BCUT2D eigenvalue weighted by atomic mass is 127. The average molecular weight is 420 g/mol. The van der Waals surface area contributed by atoms with E-state index in [-0.39, 0.29) is 24.0 Å². The van der Waals surface area contributed by atoms with Gasteiger partial charge in [-0.3, -0.25) is 4.68 Å². The van der Waals surface area contributed by atoms with Gasteiger partial charge in [-0.25, -0.2) is 9.98 Å². The van der Waals surface area contributed by atoms with Crippen LogP contribution < -0.4 is 10.6 Å². The third-order valence-corrected chi connectivity index (χ3v) is 3.51. The van der Waals surface area contributed by atoms with Gasteiger partial charge in [-0.1, -0.05) is 0 Å². The number of nitrogens with zero attached hydrogens (tertiary/aromatic N) is 4. The molecule has 0 aromatic carbocycles. The Hall–Kier alpha value is -1.16. The van der Waals surface area contributed by atoms with Crippen LogP contribution in [0.25, 0.3) is 0 Å². The molecule has 0 atom stereocenters. The van der Waals surface area contributed by atoms with Gasteiger partial charge in [0, 0.05) is 36.4 Å². The SMILES string of the molecule is CCNC(=NCc1cnn(C)c1)NCc1ncc(C)s1.I. The van der Waals surface area contributed by atoms with Crippen molar-refractivity contribution in [1.29, 1.82) is 0 Å². The van der Waals surface area contributed by atoms with Gasteiger partial charge < -0.3 is 10.6 Å². The molecule has 21 heavy (non-hydrogen) atoms. The Balaban J connectivity index is 0.00000220. The molecule has 0 aliphatic carbocycles. The third kappa shape index (κ3) is 6.00. The van der Waals surface area contributed by atoms with Crippen LogP contribution >= 0.6 is 35.3 Å². The molecule has 116 valence electrons. The molecule has 0 fully saturated rings.